The van der Waals surface area contributed by atoms with Gasteiger partial charge in [-0.15, -0.1) is 0 Å². The Morgan fingerprint density at radius 2 is 2.14 bits per heavy atom. The molecular formula is C14H20. The van der Waals surface area contributed by atoms with Crippen molar-refractivity contribution in [1.82, 2.24) is 0 Å². The first-order valence-electron chi connectivity index (χ1n) is 6.10. The van der Waals surface area contributed by atoms with Crippen molar-refractivity contribution < 1.29 is 0 Å². The van der Waals surface area contributed by atoms with Crippen LogP contribution in [0.3, 0.4) is 0 Å². The minimum Gasteiger partial charge on any atom is -0.0882 e. The van der Waals surface area contributed by atoms with E-state index in [0.29, 0.717) is 0 Å². The summed E-state index contributed by atoms with van der Waals surface area (Å²) in [6.07, 6.45) is 10.6. The highest BCUT2D eigenvalue weighted by molar-refractivity contribution is 5.24. The third kappa shape index (κ3) is 1.06. The minimum atomic E-state index is 0.972. The van der Waals surface area contributed by atoms with Gasteiger partial charge in [-0.2, -0.15) is 0 Å². The third-order valence-corrected chi connectivity index (χ3v) is 4.87. The summed E-state index contributed by atoms with van der Waals surface area (Å²) in [4.78, 5) is 0. The fraction of sp³-hybridized carbons (Fsp3) is 0.714. The lowest BCUT2D eigenvalue weighted by molar-refractivity contribution is 0.247. The molecule has 0 heterocycles. The van der Waals surface area contributed by atoms with Crippen molar-refractivity contribution >= 4 is 0 Å². The van der Waals surface area contributed by atoms with Crippen LogP contribution in [0.15, 0.2) is 23.3 Å². The van der Waals surface area contributed by atoms with Crippen molar-refractivity contribution in [3.8, 4) is 0 Å². The van der Waals surface area contributed by atoms with Crippen molar-refractivity contribution in [3.63, 3.8) is 0 Å². The lowest BCUT2D eigenvalue weighted by Gasteiger charge is -2.35. The van der Waals surface area contributed by atoms with E-state index < -0.39 is 0 Å². The quantitative estimate of drug-likeness (QED) is 0.505. The summed E-state index contributed by atoms with van der Waals surface area (Å²) in [6.45, 7) is 4.55. The Labute approximate surface area is 87.1 Å². The fourth-order valence-electron chi connectivity index (χ4n) is 4.22. The molecule has 0 spiro atoms. The van der Waals surface area contributed by atoms with Gasteiger partial charge >= 0.3 is 0 Å². The Bertz CT molecular complexity index is 308. The molecule has 0 heteroatoms. The monoisotopic (exact) mass is 188 g/mol. The zero-order chi connectivity index (χ0) is 9.71. The van der Waals surface area contributed by atoms with E-state index >= 15 is 0 Å². The Balaban J connectivity index is 1.90. The molecule has 2 saturated carbocycles. The largest absolute Gasteiger partial charge is 0.0882 e. The summed E-state index contributed by atoms with van der Waals surface area (Å²) in [5.74, 6) is 4.08. The number of fused-ring (bicyclic) bond motifs is 5. The fourth-order valence-corrected chi connectivity index (χ4v) is 4.22. The number of allylic oxidation sites excluding steroid dienone is 4. The predicted molar refractivity (Wildman–Crippen MR) is 59.9 cm³/mol. The van der Waals surface area contributed by atoms with E-state index in [-0.39, 0.29) is 0 Å². The van der Waals surface area contributed by atoms with Crippen LogP contribution in [0, 0.1) is 23.7 Å². The molecule has 0 aromatic carbocycles. The van der Waals surface area contributed by atoms with Crippen molar-refractivity contribution in [1.29, 1.82) is 0 Å². The van der Waals surface area contributed by atoms with E-state index in [0.717, 1.165) is 23.7 Å². The lowest BCUT2D eigenvalue weighted by atomic mass is 9.70. The summed E-state index contributed by atoms with van der Waals surface area (Å²) in [5.41, 5.74) is 3.44. The highest BCUT2D eigenvalue weighted by Crippen LogP contribution is 2.59. The number of rotatable bonds is 0. The van der Waals surface area contributed by atoms with E-state index in [4.69, 9.17) is 0 Å². The molecule has 3 aliphatic carbocycles. The average molecular weight is 188 g/mol. The molecule has 0 saturated heterocycles. The van der Waals surface area contributed by atoms with Crippen LogP contribution < -0.4 is 0 Å². The van der Waals surface area contributed by atoms with Crippen LogP contribution in [0.1, 0.15) is 39.5 Å². The second kappa shape index (κ2) is 2.98. The van der Waals surface area contributed by atoms with Gasteiger partial charge in [0.05, 0.1) is 0 Å². The van der Waals surface area contributed by atoms with Crippen molar-refractivity contribution in [3.05, 3.63) is 23.3 Å². The van der Waals surface area contributed by atoms with Gasteiger partial charge < -0.3 is 0 Å². The molecule has 0 N–H and O–H groups in total. The molecule has 0 aromatic rings. The van der Waals surface area contributed by atoms with Gasteiger partial charge in [0.15, 0.2) is 0 Å². The Morgan fingerprint density at radius 1 is 1.29 bits per heavy atom. The molecular weight excluding hydrogens is 168 g/mol. The van der Waals surface area contributed by atoms with Crippen molar-refractivity contribution in [2.24, 2.45) is 23.7 Å². The van der Waals surface area contributed by atoms with Crippen LogP contribution in [-0.4, -0.2) is 0 Å². The van der Waals surface area contributed by atoms with Gasteiger partial charge in [0, 0.05) is 0 Å². The van der Waals surface area contributed by atoms with Gasteiger partial charge in [-0.1, -0.05) is 23.3 Å². The van der Waals surface area contributed by atoms with Crippen LogP contribution in [0.2, 0.25) is 0 Å². The highest BCUT2D eigenvalue weighted by Gasteiger charge is 2.49. The Morgan fingerprint density at radius 3 is 2.93 bits per heavy atom. The summed E-state index contributed by atoms with van der Waals surface area (Å²) >= 11 is 0. The van der Waals surface area contributed by atoms with Gasteiger partial charge in [-0.05, 0) is 63.2 Å². The molecule has 76 valence electrons. The average Bonchev–Trinajstić information content (AvgIpc) is 2.74. The van der Waals surface area contributed by atoms with Crippen LogP contribution in [-0.2, 0) is 0 Å². The van der Waals surface area contributed by atoms with E-state index in [2.05, 4.69) is 26.0 Å². The Kier molecular flexibility index (Phi) is 1.87. The molecule has 0 amide bonds. The Hall–Kier alpha value is -0.520. The molecule has 4 unspecified atom stereocenters. The SMILES string of the molecule is CC=C1CC2CC1C1CC=C(C)CC21. The highest BCUT2D eigenvalue weighted by atomic mass is 14.5. The number of hydrogen-bond donors (Lipinski definition) is 0. The van der Waals surface area contributed by atoms with Gasteiger partial charge in [-0.25, -0.2) is 0 Å². The first kappa shape index (κ1) is 8.76. The van der Waals surface area contributed by atoms with Crippen LogP contribution >= 0.6 is 0 Å². The summed E-state index contributed by atoms with van der Waals surface area (Å²) in [5, 5.41) is 0. The molecule has 0 aromatic heterocycles. The molecule has 3 rings (SSSR count). The minimum absolute atomic E-state index is 0.972. The summed E-state index contributed by atoms with van der Waals surface area (Å²) in [6, 6.07) is 0. The molecule has 0 radical (unpaired) electrons. The maximum Gasteiger partial charge on any atom is -0.0166 e. The van der Waals surface area contributed by atoms with E-state index in [1.165, 1.54) is 25.7 Å². The third-order valence-electron chi connectivity index (χ3n) is 4.87. The van der Waals surface area contributed by atoms with Gasteiger partial charge in [0.25, 0.3) is 0 Å². The predicted octanol–water partition coefficient (Wildman–Crippen LogP) is 3.95. The molecule has 2 bridgehead atoms. The van der Waals surface area contributed by atoms with Gasteiger partial charge in [0.1, 0.15) is 0 Å². The maximum absolute atomic E-state index is 2.50. The van der Waals surface area contributed by atoms with Gasteiger partial charge in [0.2, 0.25) is 0 Å². The maximum atomic E-state index is 2.50. The van der Waals surface area contributed by atoms with E-state index in [9.17, 15) is 0 Å². The van der Waals surface area contributed by atoms with Gasteiger partial charge in [-0.3, -0.25) is 0 Å². The van der Waals surface area contributed by atoms with E-state index in [1.807, 2.05) is 0 Å². The van der Waals surface area contributed by atoms with Crippen LogP contribution in [0.5, 0.6) is 0 Å². The summed E-state index contributed by atoms with van der Waals surface area (Å²) < 4.78 is 0. The smallest absolute Gasteiger partial charge is 0.0166 e. The molecule has 2 fully saturated rings. The lowest BCUT2D eigenvalue weighted by Crippen LogP contribution is -2.26. The molecule has 3 aliphatic rings. The first-order chi connectivity index (χ1) is 6.79. The second-order valence-electron chi connectivity index (χ2n) is 5.49. The molecule has 4 atom stereocenters. The van der Waals surface area contributed by atoms with Crippen molar-refractivity contribution in [2.75, 3.05) is 0 Å². The topological polar surface area (TPSA) is 0 Å². The van der Waals surface area contributed by atoms with E-state index in [1.54, 1.807) is 11.1 Å². The zero-order valence-electron chi connectivity index (χ0n) is 9.29. The normalized spacial score (nSPS) is 48.1. The zero-order valence-corrected chi connectivity index (χ0v) is 9.29. The second-order valence-corrected chi connectivity index (χ2v) is 5.49. The molecule has 0 nitrogen and oxygen atoms in total. The van der Waals surface area contributed by atoms with Crippen LogP contribution in [0.4, 0.5) is 0 Å². The molecule has 14 heavy (non-hydrogen) atoms. The standard InChI is InChI=1S/C14H20/c1-3-10-7-11-8-14(10)12-5-4-9(2)6-13(11)12/h3-4,11-14H,5-8H2,1-2H3. The molecule has 0 aliphatic heterocycles. The summed E-state index contributed by atoms with van der Waals surface area (Å²) in [7, 11) is 0. The van der Waals surface area contributed by atoms with Crippen LogP contribution in [0.25, 0.3) is 0 Å². The number of hydrogen-bond acceptors (Lipinski definition) is 0. The van der Waals surface area contributed by atoms with Crippen molar-refractivity contribution in [2.45, 2.75) is 39.5 Å². The first-order valence-corrected chi connectivity index (χ1v) is 6.10.